The molecule has 2 aromatic rings. The SMILES string of the molecule is O=C(C1CCCO1)N1CCN(c2cc(-n3cncn3)ncn2)CC1. The Balaban J connectivity index is 1.41. The van der Waals surface area contributed by atoms with Gasteiger partial charge in [-0.1, -0.05) is 0 Å². The monoisotopic (exact) mass is 329 g/mol. The molecule has 4 heterocycles. The van der Waals surface area contributed by atoms with Crippen LogP contribution in [0.1, 0.15) is 12.8 Å². The lowest BCUT2D eigenvalue weighted by Crippen LogP contribution is -2.51. The summed E-state index contributed by atoms with van der Waals surface area (Å²) in [5.74, 6) is 1.63. The fraction of sp³-hybridized carbons (Fsp3) is 0.533. The van der Waals surface area contributed by atoms with Gasteiger partial charge in [-0.2, -0.15) is 5.10 Å². The quantitative estimate of drug-likeness (QED) is 0.776. The van der Waals surface area contributed by atoms with E-state index >= 15 is 0 Å². The largest absolute Gasteiger partial charge is 0.368 e. The molecule has 24 heavy (non-hydrogen) atoms. The molecule has 2 aliphatic heterocycles. The smallest absolute Gasteiger partial charge is 0.251 e. The van der Waals surface area contributed by atoms with Crippen LogP contribution >= 0.6 is 0 Å². The predicted molar refractivity (Wildman–Crippen MR) is 84.7 cm³/mol. The molecule has 0 aliphatic carbocycles. The second kappa shape index (κ2) is 6.52. The van der Waals surface area contributed by atoms with E-state index in [9.17, 15) is 4.79 Å². The predicted octanol–water partition coefficient (Wildman–Crippen LogP) is -0.115. The van der Waals surface area contributed by atoms with Crippen molar-refractivity contribution in [2.24, 2.45) is 0 Å². The van der Waals surface area contributed by atoms with Crippen LogP contribution in [0.15, 0.2) is 25.0 Å². The number of nitrogens with zero attached hydrogens (tertiary/aromatic N) is 7. The Bertz CT molecular complexity index is 692. The second-order valence-corrected chi connectivity index (χ2v) is 5.89. The average Bonchev–Trinajstić information content (AvgIpc) is 3.35. The summed E-state index contributed by atoms with van der Waals surface area (Å²) < 4.78 is 7.10. The maximum Gasteiger partial charge on any atom is 0.251 e. The van der Waals surface area contributed by atoms with Crippen LogP contribution in [-0.2, 0) is 9.53 Å². The van der Waals surface area contributed by atoms with E-state index in [0.29, 0.717) is 25.5 Å². The van der Waals surface area contributed by atoms with Crippen LogP contribution in [0.4, 0.5) is 5.82 Å². The zero-order valence-electron chi connectivity index (χ0n) is 13.3. The van der Waals surface area contributed by atoms with Gasteiger partial charge in [0.25, 0.3) is 5.91 Å². The molecule has 1 amide bonds. The van der Waals surface area contributed by atoms with E-state index < -0.39 is 0 Å². The minimum Gasteiger partial charge on any atom is -0.368 e. The summed E-state index contributed by atoms with van der Waals surface area (Å²) in [6, 6.07) is 1.88. The van der Waals surface area contributed by atoms with Crippen molar-refractivity contribution in [3.05, 3.63) is 25.0 Å². The molecule has 2 fully saturated rings. The molecule has 1 unspecified atom stereocenters. The van der Waals surface area contributed by atoms with Crippen molar-refractivity contribution in [2.45, 2.75) is 18.9 Å². The first-order valence-electron chi connectivity index (χ1n) is 8.13. The lowest BCUT2D eigenvalue weighted by atomic mass is 10.2. The molecule has 0 spiro atoms. The molecular formula is C15H19N7O2. The molecule has 1 atom stereocenters. The Kier molecular flexibility index (Phi) is 4.08. The molecule has 126 valence electrons. The van der Waals surface area contributed by atoms with Crippen molar-refractivity contribution >= 4 is 11.7 Å². The summed E-state index contributed by atoms with van der Waals surface area (Å²) in [6.45, 7) is 3.55. The fourth-order valence-electron chi connectivity index (χ4n) is 3.09. The van der Waals surface area contributed by atoms with Gasteiger partial charge in [-0.3, -0.25) is 4.79 Å². The summed E-state index contributed by atoms with van der Waals surface area (Å²) >= 11 is 0. The summed E-state index contributed by atoms with van der Waals surface area (Å²) in [5, 5.41) is 4.08. The zero-order chi connectivity index (χ0) is 16.4. The third-order valence-corrected chi connectivity index (χ3v) is 4.41. The van der Waals surface area contributed by atoms with E-state index in [1.165, 1.54) is 12.7 Å². The van der Waals surface area contributed by atoms with Crippen LogP contribution in [0.2, 0.25) is 0 Å². The van der Waals surface area contributed by atoms with Gasteiger partial charge in [0.05, 0.1) is 0 Å². The number of hydrogen-bond acceptors (Lipinski definition) is 7. The van der Waals surface area contributed by atoms with Gasteiger partial charge in [-0.05, 0) is 12.8 Å². The minimum absolute atomic E-state index is 0.123. The average molecular weight is 329 g/mol. The first-order valence-corrected chi connectivity index (χ1v) is 8.13. The van der Waals surface area contributed by atoms with Crippen molar-refractivity contribution in [1.82, 2.24) is 29.6 Å². The highest BCUT2D eigenvalue weighted by atomic mass is 16.5. The number of amides is 1. The number of aromatic nitrogens is 5. The Morgan fingerprint density at radius 2 is 1.96 bits per heavy atom. The van der Waals surface area contributed by atoms with E-state index in [2.05, 4.69) is 25.0 Å². The number of hydrogen-bond donors (Lipinski definition) is 0. The summed E-state index contributed by atoms with van der Waals surface area (Å²) in [7, 11) is 0. The van der Waals surface area contributed by atoms with Gasteiger partial charge < -0.3 is 14.5 Å². The maximum atomic E-state index is 12.4. The highest BCUT2D eigenvalue weighted by Gasteiger charge is 2.30. The molecule has 9 heteroatoms. The summed E-state index contributed by atoms with van der Waals surface area (Å²) in [6.07, 6.45) is 6.17. The Labute approximate surface area is 139 Å². The van der Waals surface area contributed by atoms with Crippen LogP contribution in [0.25, 0.3) is 5.82 Å². The summed E-state index contributed by atoms with van der Waals surface area (Å²) in [5.41, 5.74) is 0. The Morgan fingerprint density at radius 1 is 1.12 bits per heavy atom. The van der Waals surface area contributed by atoms with Gasteiger partial charge in [0.15, 0.2) is 5.82 Å². The van der Waals surface area contributed by atoms with Crippen molar-refractivity contribution in [1.29, 1.82) is 0 Å². The Morgan fingerprint density at radius 3 is 2.67 bits per heavy atom. The molecule has 2 saturated heterocycles. The fourth-order valence-corrected chi connectivity index (χ4v) is 3.09. The van der Waals surface area contributed by atoms with Gasteiger partial charge in [-0.15, -0.1) is 0 Å². The third-order valence-electron chi connectivity index (χ3n) is 4.41. The molecule has 2 aromatic heterocycles. The molecule has 4 rings (SSSR count). The number of rotatable bonds is 3. The number of carbonyl (C=O) groups is 1. The van der Waals surface area contributed by atoms with E-state index in [-0.39, 0.29) is 12.0 Å². The van der Waals surface area contributed by atoms with Crippen molar-refractivity contribution in [3.8, 4) is 5.82 Å². The van der Waals surface area contributed by atoms with Gasteiger partial charge in [0.2, 0.25) is 0 Å². The maximum absolute atomic E-state index is 12.4. The number of piperazine rings is 1. The second-order valence-electron chi connectivity index (χ2n) is 5.89. The molecule has 0 radical (unpaired) electrons. The zero-order valence-corrected chi connectivity index (χ0v) is 13.3. The van der Waals surface area contributed by atoms with Crippen LogP contribution in [0.3, 0.4) is 0 Å². The van der Waals surface area contributed by atoms with Crippen molar-refractivity contribution in [2.75, 3.05) is 37.7 Å². The topological polar surface area (TPSA) is 89.3 Å². The Hall–Kier alpha value is -2.55. The molecule has 0 saturated carbocycles. The van der Waals surface area contributed by atoms with Crippen molar-refractivity contribution < 1.29 is 9.53 Å². The van der Waals surface area contributed by atoms with E-state index in [0.717, 1.165) is 31.7 Å². The molecule has 2 aliphatic rings. The van der Waals surface area contributed by atoms with E-state index in [4.69, 9.17) is 4.74 Å². The number of anilines is 1. The third kappa shape index (κ3) is 2.94. The first-order chi connectivity index (χ1) is 11.8. The first kappa shape index (κ1) is 15.0. The van der Waals surface area contributed by atoms with Crippen LogP contribution < -0.4 is 4.90 Å². The summed E-state index contributed by atoms with van der Waals surface area (Å²) in [4.78, 5) is 28.9. The van der Waals surface area contributed by atoms with Gasteiger partial charge in [0.1, 0.15) is 30.9 Å². The molecule has 0 N–H and O–H groups in total. The van der Waals surface area contributed by atoms with E-state index in [1.807, 2.05) is 11.0 Å². The van der Waals surface area contributed by atoms with Crippen LogP contribution in [0.5, 0.6) is 0 Å². The highest BCUT2D eigenvalue weighted by Crippen LogP contribution is 2.18. The van der Waals surface area contributed by atoms with Crippen LogP contribution in [0, 0.1) is 0 Å². The minimum atomic E-state index is -0.241. The van der Waals surface area contributed by atoms with Crippen molar-refractivity contribution in [3.63, 3.8) is 0 Å². The van der Waals surface area contributed by atoms with Gasteiger partial charge in [0, 0.05) is 38.9 Å². The molecule has 0 bridgehead atoms. The number of ether oxygens (including phenoxy) is 1. The normalized spacial score (nSPS) is 21.2. The molecule has 9 nitrogen and oxygen atoms in total. The van der Waals surface area contributed by atoms with Crippen LogP contribution in [-0.4, -0.2) is 74.4 Å². The highest BCUT2D eigenvalue weighted by molar-refractivity contribution is 5.81. The molecular weight excluding hydrogens is 310 g/mol. The number of carbonyl (C=O) groups excluding carboxylic acids is 1. The standard InChI is InChI=1S/C15H19N7O2/c23-15(12-2-1-7-24-12)21-5-3-20(4-6-21)13-8-14(18-10-17-13)22-11-16-9-19-22/h8-12H,1-7H2. The molecule has 0 aromatic carbocycles. The van der Waals surface area contributed by atoms with Gasteiger partial charge in [-0.25, -0.2) is 19.6 Å². The van der Waals surface area contributed by atoms with E-state index in [1.54, 1.807) is 11.0 Å². The lowest BCUT2D eigenvalue weighted by Gasteiger charge is -2.36. The lowest BCUT2D eigenvalue weighted by molar-refractivity contribution is -0.141. The van der Waals surface area contributed by atoms with Gasteiger partial charge >= 0.3 is 0 Å².